The zero-order chi connectivity index (χ0) is 10.7. The first-order chi connectivity index (χ1) is 6.50. The molecule has 0 saturated carbocycles. The summed E-state index contributed by atoms with van der Waals surface area (Å²) in [5, 5.41) is 11.0. The molecule has 0 bridgehead atoms. The van der Waals surface area contributed by atoms with E-state index < -0.39 is 11.8 Å². The lowest BCUT2D eigenvalue weighted by Crippen LogP contribution is -2.13. The maximum atomic E-state index is 13.0. The van der Waals surface area contributed by atoms with Gasteiger partial charge in [0.2, 0.25) is 0 Å². The Labute approximate surface area is 89.1 Å². The molecule has 0 saturated heterocycles. The number of hydrogen-bond donors (Lipinski definition) is 2. The summed E-state index contributed by atoms with van der Waals surface area (Å²) >= 11 is 3.04. The molecular formula is C9H9BrFNO2. The maximum Gasteiger partial charge on any atom is 0.322 e. The van der Waals surface area contributed by atoms with Crippen molar-refractivity contribution in [3.05, 3.63) is 28.0 Å². The molecule has 0 spiro atoms. The Bertz CT molecular complexity index is 368. The highest BCUT2D eigenvalue weighted by Crippen LogP contribution is 2.23. The van der Waals surface area contributed by atoms with E-state index in [1.54, 1.807) is 13.0 Å². The smallest absolute Gasteiger partial charge is 0.322 e. The van der Waals surface area contributed by atoms with Gasteiger partial charge < -0.3 is 10.4 Å². The molecule has 2 N–H and O–H groups in total. The number of aliphatic carboxylic acids is 1. The zero-order valence-electron chi connectivity index (χ0n) is 7.47. The lowest BCUT2D eigenvalue weighted by atomic mass is 10.2. The van der Waals surface area contributed by atoms with Gasteiger partial charge in [0.15, 0.2) is 0 Å². The first-order valence-corrected chi connectivity index (χ1v) is 4.71. The number of nitrogens with one attached hydrogen (secondary N) is 1. The zero-order valence-corrected chi connectivity index (χ0v) is 9.06. The normalized spacial score (nSPS) is 9.93. The predicted octanol–water partition coefficient (Wildman–Crippen LogP) is 2.39. The van der Waals surface area contributed by atoms with E-state index in [1.165, 1.54) is 6.07 Å². The summed E-state index contributed by atoms with van der Waals surface area (Å²) in [5.41, 5.74) is 1.28. The molecule has 1 rings (SSSR count). The third kappa shape index (κ3) is 2.70. The van der Waals surface area contributed by atoms with Gasteiger partial charge in [-0.1, -0.05) is 0 Å². The number of carboxylic acids is 1. The molecule has 14 heavy (non-hydrogen) atoms. The number of benzene rings is 1. The summed E-state index contributed by atoms with van der Waals surface area (Å²) in [6, 6.07) is 2.86. The van der Waals surface area contributed by atoms with Crippen LogP contribution in [0.15, 0.2) is 16.6 Å². The fourth-order valence-electron chi connectivity index (χ4n) is 1.01. The summed E-state index contributed by atoms with van der Waals surface area (Å²) in [5.74, 6) is -1.39. The fraction of sp³-hybridized carbons (Fsp3) is 0.222. The van der Waals surface area contributed by atoms with Crippen LogP contribution in [0.5, 0.6) is 0 Å². The number of halogens is 2. The van der Waals surface area contributed by atoms with E-state index in [1.807, 2.05) is 0 Å². The van der Waals surface area contributed by atoms with Crippen molar-refractivity contribution in [2.75, 3.05) is 11.9 Å². The lowest BCUT2D eigenvalue weighted by molar-refractivity contribution is -0.134. The minimum absolute atomic E-state index is 0.220. The van der Waals surface area contributed by atoms with E-state index >= 15 is 0 Å². The van der Waals surface area contributed by atoms with Crippen molar-refractivity contribution in [3.8, 4) is 0 Å². The molecule has 3 nitrogen and oxygen atoms in total. The van der Waals surface area contributed by atoms with E-state index in [-0.39, 0.29) is 6.54 Å². The second-order valence-corrected chi connectivity index (χ2v) is 3.68. The quantitative estimate of drug-likeness (QED) is 0.879. The van der Waals surface area contributed by atoms with E-state index in [0.717, 1.165) is 5.56 Å². The summed E-state index contributed by atoms with van der Waals surface area (Å²) in [6.07, 6.45) is 0. The van der Waals surface area contributed by atoms with Crippen LogP contribution >= 0.6 is 15.9 Å². The van der Waals surface area contributed by atoms with Crippen LogP contribution < -0.4 is 5.32 Å². The van der Waals surface area contributed by atoms with Gasteiger partial charge in [-0.2, -0.15) is 0 Å². The number of anilines is 1. The van der Waals surface area contributed by atoms with Crippen LogP contribution in [0, 0.1) is 12.7 Å². The van der Waals surface area contributed by atoms with Crippen LogP contribution in [-0.4, -0.2) is 17.6 Å². The Morgan fingerprint density at radius 3 is 2.86 bits per heavy atom. The van der Waals surface area contributed by atoms with Crippen LogP contribution in [0.2, 0.25) is 0 Å². The first kappa shape index (κ1) is 11.0. The molecular weight excluding hydrogens is 253 g/mol. The first-order valence-electron chi connectivity index (χ1n) is 3.92. The molecule has 0 aliphatic heterocycles. The van der Waals surface area contributed by atoms with Gasteiger partial charge >= 0.3 is 5.97 Å². The van der Waals surface area contributed by atoms with Gasteiger partial charge in [0, 0.05) is 5.69 Å². The standard InChI is InChI=1S/C9H9BrFNO2/c1-5-2-6(10)7(11)3-8(5)12-4-9(13)14/h2-3,12H,4H2,1H3,(H,13,14). The SMILES string of the molecule is Cc1cc(Br)c(F)cc1NCC(=O)O. The molecule has 76 valence electrons. The minimum atomic E-state index is -0.979. The van der Waals surface area contributed by atoms with Crippen LogP contribution in [0.25, 0.3) is 0 Å². The van der Waals surface area contributed by atoms with Gasteiger partial charge in [-0.15, -0.1) is 0 Å². The van der Waals surface area contributed by atoms with Crippen molar-refractivity contribution in [2.45, 2.75) is 6.92 Å². The number of carbonyl (C=O) groups is 1. The molecule has 0 amide bonds. The Hall–Kier alpha value is -1.10. The monoisotopic (exact) mass is 261 g/mol. The summed E-state index contributed by atoms with van der Waals surface area (Å²) < 4.78 is 13.4. The molecule has 1 aromatic carbocycles. The topological polar surface area (TPSA) is 49.3 Å². The molecule has 1 aromatic rings. The molecule has 0 fully saturated rings. The van der Waals surface area contributed by atoms with Crippen LogP contribution in [0.1, 0.15) is 5.56 Å². The fourth-order valence-corrected chi connectivity index (χ4v) is 1.47. The van der Waals surface area contributed by atoms with Gasteiger partial charge in [0.1, 0.15) is 12.4 Å². The highest BCUT2D eigenvalue weighted by atomic mass is 79.9. The number of rotatable bonds is 3. The highest BCUT2D eigenvalue weighted by Gasteiger charge is 2.05. The van der Waals surface area contributed by atoms with Crippen molar-refractivity contribution in [1.82, 2.24) is 0 Å². The molecule has 0 heterocycles. The third-order valence-electron chi connectivity index (χ3n) is 1.70. The second-order valence-electron chi connectivity index (χ2n) is 2.83. The van der Waals surface area contributed by atoms with Crippen molar-refractivity contribution >= 4 is 27.6 Å². The number of hydrogen-bond acceptors (Lipinski definition) is 2. The highest BCUT2D eigenvalue weighted by molar-refractivity contribution is 9.10. The van der Waals surface area contributed by atoms with Gasteiger partial charge in [-0.25, -0.2) is 4.39 Å². The average Bonchev–Trinajstić information content (AvgIpc) is 2.09. The number of carboxylic acid groups (broad SMARTS) is 1. The molecule has 0 aliphatic rings. The molecule has 0 aliphatic carbocycles. The lowest BCUT2D eigenvalue weighted by Gasteiger charge is -2.08. The average molecular weight is 262 g/mol. The number of aryl methyl sites for hydroxylation is 1. The van der Waals surface area contributed by atoms with Gasteiger partial charge in [-0.05, 0) is 40.5 Å². The Morgan fingerprint density at radius 1 is 1.64 bits per heavy atom. The summed E-state index contributed by atoms with van der Waals surface area (Å²) in [7, 11) is 0. The van der Waals surface area contributed by atoms with E-state index in [9.17, 15) is 9.18 Å². The van der Waals surface area contributed by atoms with Crippen molar-refractivity contribution < 1.29 is 14.3 Å². The van der Waals surface area contributed by atoms with Crippen molar-refractivity contribution in [1.29, 1.82) is 0 Å². The van der Waals surface area contributed by atoms with E-state index in [2.05, 4.69) is 21.2 Å². The largest absolute Gasteiger partial charge is 0.480 e. The molecule has 5 heteroatoms. The molecule has 0 radical (unpaired) electrons. The Balaban J connectivity index is 2.87. The molecule has 0 atom stereocenters. The summed E-state index contributed by atoms with van der Waals surface area (Å²) in [4.78, 5) is 10.3. The van der Waals surface area contributed by atoms with Crippen molar-refractivity contribution in [3.63, 3.8) is 0 Å². The van der Waals surface area contributed by atoms with Gasteiger partial charge in [0.05, 0.1) is 4.47 Å². The Kier molecular flexibility index (Phi) is 3.46. The van der Waals surface area contributed by atoms with Gasteiger partial charge in [0.25, 0.3) is 0 Å². The second kappa shape index (κ2) is 4.41. The molecule has 0 aromatic heterocycles. The van der Waals surface area contributed by atoms with E-state index in [0.29, 0.717) is 10.2 Å². The molecule has 0 unspecified atom stereocenters. The van der Waals surface area contributed by atoms with Crippen LogP contribution in [-0.2, 0) is 4.79 Å². The summed E-state index contributed by atoms with van der Waals surface area (Å²) in [6.45, 7) is 1.55. The predicted molar refractivity (Wildman–Crippen MR) is 55.0 cm³/mol. The third-order valence-corrected chi connectivity index (χ3v) is 2.31. The van der Waals surface area contributed by atoms with Gasteiger partial charge in [-0.3, -0.25) is 4.79 Å². The maximum absolute atomic E-state index is 13.0. The Morgan fingerprint density at radius 2 is 2.29 bits per heavy atom. The van der Waals surface area contributed by atoms with E-state index in [4.69, 9.17) is 5.11 Å². The van der Waals surface area contributed by atoms with Crippen LogP contribution in [0.4, 0.5) is 10.1 Å². The minimum Gasteiger partial charge on any atom is -0.480 e. The van der Waals surface area contributed by atoms with Crippen LogP contribution in [0.3, 0.4) is 0 Å². The van der Waals surface area contributed by atoms with Crippen molar-refractivity contribution in [2.24, 2.45) is 0 Å².